The highest BCUT2D eigenvalue weighted by Crippen LogP contribution is 2.45. The Balaban J connectivity index is 1.56. The Morgan fingerprint density at radius 3 is 2.09 bits per heavy atom. The van der Waals surface area contributed by atoms with E-state index in [4.69, 9.17) is 4.99 Å². The van der Waals surface area contributed by atoms with Crippen LogP contribution in [0, 0.1) is 11.8 Å². The fraction of sp³-hybridized carbons (Fsp3) is 0.375. The summed E-state index contributed by atoms with van der Waals surface area (Å²) in [5.74, 6) is 1.27. The molecule has 1 unspecified atom stereocenters. The van der Waals surface area contributed by atoms with Crippen molar-refractivity contribution in [3.05, 3.63) is 101 Å². The third-order valence-electron chi connectivity index (χ3n) is 8.17. The molecule has 0 heterocycles. The van der Waals surface area contributed by atoms with Crippen LogP contribution in [0.4, 0.5) is 5.69 Å². The van der Waals surface area contributed by atoms with Crippen molar-refractivity contribution in [1.82, 2.24) is 4.90 Å². The van der Waals surface area contributed by atoms with Gasteiger partial charge in [0.1, 0.15) is 0 Å². The molecule has 0 radical (unpaired) electrons. The third-order valence-corrected chi connectivity index (χ3v) is 8.17. The maximum atomic E-state index is 13.8. The molecule has 1 fully saturated rings. The highest BCUT2D eigenvalue weighted by atomic mass is 16.1. The molecule has 2 atom stereocenters. The Labute approximate surface area is 209 Å². The number of nitrogens with zero attached hydrogens (tertiary/aromatic N) is 2. The summed E-state index contributed by atoms with van der Waals surface area (Å²) in [7, 11) is 0. The van der Waals surface area contributed by atoms with Crippen LogP contribution in [0.1, 0.15) is 67.6 Å². The van der Waals surface area contributed by atoms with Crippen molar-refractivity contribution in [3.8, 4) is 0 Å². The standard InChI is InChI=1S/C32H36N2O/c1-5-34(21-23-16-17-23)30-22(2)32(3,4)28-20-26(18-19-27(28)31(30)35)33-29(24-12-8-6-9-13-24)25-14-10-7-11-15-25/h6-15,18-20,22-23,30H,5,16-17,21H2,1-4H3/t22-,30?/m0/s1. The summed E-state index contributed by atoms with van der Waals surface area (Å²) < 4.78 is 0. The molecule has 0 amide bonds. The predicted molar refractivity (Wildman–Crippen MR) is 145 cm³/mol. The molecule has 0 bridgehead atoms. The minimum atomic E-state index is -0.129. The van der Waals surface area contributed by atoms with Crippen molar-refractivity contribution < 1.29 is 4.79 Å². The van der Waals surface area contributed by atoms with E-state index in [1.54, 1.807) is 0 Å². The van der Waals surface area contributed by atoms with Gasteiger partial charge in [0, 0.05) is 23.2 Å². The summed E-state index contributed by atoms with van der Waals surface area (Å²) in [4.78, 5) is 21.4. The fourth-order valence-corrected chi connectivity index (χ4v) is 5.55. The van der Waals surface area contributed by atoms with Crippen molar-refractivity contribution in [2.24, 2.45) is 16.8 Å². The molecule has 5 rings (SSSR count). The van der Waals surface area contributed by atoms with E-state index in [0.29, 0.717) is 0 Å². The van der Waals surface area contributed by atoms with Gasteiger partial charge in [-0.05, 0) is 60.4 Å². The Bertz CT molecular complexity index is 1180. The number of carbonyl (C=O) groups is 1. The molecule has 2 aliphatic rings. The quantitative estimate of drug-likeness (QED) is 0.350. The van der Waals surface area contributed by atoms with Gasteiger partial charge in [-0.1, -0.05) is 88.4 Å². The first-order chi connectivity index (χ1) is 16.9. The SMILES string of the molecule is CCN(CC1CC1)C1C(=O)c2ccc(N=C(c3ccccc3)c3ccccc3)cc2C(C)(C)[C@H]1C. The van der Waals surface area contributed by atoms with Crippen LogP contribution in [0.5, 0.6) is 0 Å². The zero-order valence-electron chi connectivity index (χ0n) is 21.4. The molecular formula is C32H36N2O. The van der Waals surface area contributed by atoms with Gasteiger partial charge in [-0.2, -0.15) is 0 Å². The number of benzene rings is 3. The molecule has 0 saturated heterocycles. The first-order valence-corrected chi connectivity index (χ1v) is 13.0. The molecule has 3 heteroatoms. The average Bonchev–Trinajstić information content (AvgIpc) is 3.71. The van der Waals surface area contributed by atoms with Gasteiger partial charge in [0.25, 0.3) is 0 Å². The smallest absolute Gasteiger partial charge is 0.180 e. The van der Waals surface area contributed by atoms with E-state index in [9.17, 15) is 4.79 Å². The van der Waals surface area contributed by atoms with Crippen LogP contribution >= 0.6 is 0 Å². The highest BCUT2D eigenvalue weighted by Gasteiger charge is 2.47. The van der Waals surface area contributed by atoms with Crippen LogP contribution in [-0.4, -0.2) is 35.5 Å². The second-order valence-corrected chi connectivity index (χ2v) is 10.8. The van der Waals surface area contributed by atoms with Crippen LogP contribution in [0.2, 0.25) is 0 Å². The number of fused-ring (bicyclic) bond motifs is 1. The summed E-state index contributed by atoms with van der Waals surface area (Å²) in [5.41, 5.74) is 5.86. The number of hydrogen-bond acceptors (Lipinski definition) is 3. The molecule has 0 aromatic heterocycles. The van der Waals surface area contributed by atoms with Crippen molar-refractivity contribution in [3.63, 3.8) is 0 Å². The molecular weight excluding hydrogens is 428 g/mol. The van der Waals surface area contributed by atoms with Crippen LogP contribution in [0.25, 0.3) is 0 Å². The zero-order valence-corrected chi connectivity index (χ0v) is 21.4. The van der Waals surface area contributed by atoms with Crippen LogP contribution in [-0.2, 0) is 5.41 Å². The lowest BCUT2D eigenvalue weighted by atomic mass is 9.63. The Hall–Kier alpha value is -3.04. The molecule has 3 aromatic carbocycles. The van der Waals surface area contributed by atoms with Gasteiger partial charge in [0.15, 0.2) is 5.78 Å². The molecule has 3 aromatic rings. The number of likely N-dealkylation sites (N-methyl/N-ethyl adjacent to an activating group) is 1. The second-order valence-electron chi connectivity index (χ2n) is 10.8. The number of aliphatic imine (C=N–C) groups is 1. The summed E-state index contributed by atoms with van der Waals surface area (Å²) in [5, 5.41) is 0. The van der Waals surface area contributed by atoms with E-state index in [0.717, 1.165) is 52.7 Å². The summed E-state index contributed by atoms with van der Waals surface area (Å²) in [6.45, 7) is 11.0. The van der Waals surface area contributed by atoms with Gasteiger partial charge in [-0.3, -0.25) is 9.69 Å². The molecule has 2 aliphatic carbocycles. The summed E-state index contributed by atoms with van der Waals surface area (Å²) in [6.07, 6.45) is 2.61. The van der Waals surface area contributed by atoms with Crippen molar-refractivity contribution in [1.29, 1.82) is 0 Å². The van der Waals surface area contributed by atoms with Gasteiger partial charge in [-0.25, -0.2) is 4.99 Å². The largest absolute Gasteiger partial charge is 0.293 e. The number of Topliss-reactive ketones (excluding diaryl/α,β-unsaturated/α-hetero) is 1. The van der Waals surface area contributed by atoms with Crippen molar-refractivity contribution in [2.75, 3.05) is 13.1 Å². The van der Waals surface area contributed by atoms with Gasteiger partial charge in [0.05, 0.1) is 17.4 Å². The Morgan fingerprint density at radius 1 is 0.943 bits per heavy atom. The normalized spacial score (nSPS) is 21.0. The average molecular weight is 465 g/mol. The maximum absolute atomic E-state index is 13.8. The molecule has 0 aliphatic heterocycles. The van der Waals surface area contributed by atoms with Crippen molar-refractivity contribution in [2.45, 2.75) is 52.0 Å². The maximum Gasteiger partial charge on any atom is 0.180 e. The number of carbonyl (C=O) groups excluding carboxylic acids is 1. The molecule has 35 heavy (non-hydrogen) atoms. The molecule has 3 nitrogen and oxygen atoms in total. The number of rotatable bonds is 7. The summed E-state index contributed by atoms with van der Waals surface area (Å²) in [6, 6.07) is 26.8. The second kappa shape index (κ2) is 9.54. The molecule has 1 saturated carbocycles. The first-order valence-electron chi connectivity index (χ1n) is 13.0. The minimum absolute atomic E-state index is 0.0540. The van der Waals surface area contributed by atoms with E-state index < -0.39 is 0 Å². The molecule has 180 valence electrons. The van der Waals surface area contributed by atoms with Crippen LogP contribution < -0.4 is 0 Å². The topological polar surface area (TPSA) is 32.7 Å². The van der Waals surface area contributed by atoms with E-state index in [1.807, 2.05) is 48.5 Å². The minimum Gasteiger partial charge on any atom is -0.293 e. The van der Waals surface area contributed by atoms with E-state index >= 15 is 0 Å². The van der Waals surface area contributed by atoms with Crippen LogP contribution in [0.15, 0.2) is 83.9 Å². The number of ketones is 1. The van der Waals surface area contributed by atoms with E-state index in [2.05, 4.69) is 62.9 Å². The highest BCUT2D eigenvalue weighted by molar-refractivity contribution is 6.14. The first kappa shape index (κ1) is 23.7. The number of hydrogen-bond donors (Lipinski definition) is 0. The van der Waals surface area contributed by atoms with Crippen LogP contribution in [0.3, 0.4) is 0 Å². The van der Waals surface area contributed by atoms with E-state index in [1.165, 1.54) is 12.8 Å². The predicted octanol–water partition coefficient (Wildman–Crippen LogP) is 7.07. The Kier molecular flexibility index (Phi) is 6.46. The van der Waals surface area contributed by atoms with Gasteiger partial charge in [0.2, 0.25) is 0 Å². The van der Waals surface area contributed by atoms with E-state index in [-0.39, 0.29) is 23.2 Å². The van der Waals surface area contributed by atoms with Crippen molar-refractivity contribution >= 4 is 17.2 Å². The third kappa shape index (κ3) is 4.62. The molecule has 0 spiro atoms. The van der Waals surface area contributed by atoms with Gasteiger partial charge in [-0.15, -0.1) is 0 Å². The lowest BCUT2D eigenvalue weighted by Gasteiger charge is -2.46. The lowest BCUT2D eigenvalue weighted by molar-refractivity contribution is 0.0595. The van der Waals surface area contributed by atoms with Gasteiger partial charge < -0.3 is 0 Å². The Morgan fingerprint density at radius 2 is 1.54 bits per heavy atom. The monoisotopic (exact) mass is 464 g/mol. The lowest BCUT2D eigenvalue weighted by Crippen LogP contribution is -2.55. The zero-order chi connectivity index (χ0) is 24.6. The molecule has 0 N–H and O–H groups in total. The van der Waals surface area contributed by atoms with Gasteiger partial charge >= 0.3 is 0 Å². The fourth-order valence-electron chi connectivity index (χ4n) is 5.55. The summed E-state index contributed by atoms with van der Waals surface area (Å²) >= 11 is 0.